The summed E-state index contributed by atoms with van der Waals surface area (Å²) in [7, 11) is 1.38. The first-order valence-electron chi connectivity index (χ1n) is 25.0. The van der Waals surface area contributed by atoms with Crippen molar-refractivity contribution >= 4 is 53.2 Å². The van der Waals surface area contributed by atoms with Gasteiger partial charge in [0.1, 0.15) is 72.2 Å². The number of aliphatic hydroxyl groups excluding tert-OH is 2. The highest BCUT2D eigenvalue weighted by molar-refractivity contribution is 5.98. The first kappa shape index (κ1) is 58.3. The second-order valence-electron chi connectivity index (χ2n) is 19.6. The number of carbonyl (C=O) groups excluding carboxylic acids is 9. The van der Waals surface area contributed by atoms with Crippen molar-refractivity contribution in [2.24, 2.45) is 17.6 Å². The summed E-state index contributed by atoms with van der Waals surface area (Å²) >= 11 is 0. The van der Waals surface area contributed by atoms with Crippen molar-refractivity contribution in [1.82, 2.24) is 36.4 Å². The number of likely N-dealkylation sites (N-methyl/N-ethyl adjacent to an activating group) is 1. The minimum atomic E-state index is -1.91. The van der Waals surface area contributed by atoms with Crippen molar-refractivity contribution < 1.29 is 68.3 Å². The van der Waals surface area contributed by atoms with Crippen LogP contribution in [0.3, 0.4) is 0 Å². The predicted octanol–water partition coefficient (Wildman–Crippen LogP) is -0.0401. The number of phenolic OH excluding ortho intramolecular Hbond substituents is 2. The maximum atomic E-state index is 14.9. The van der Waals surface area contributed by atoms with E-state index in [1.54, 1.807) is 58.0 Å². The standard InChI is InChI=1S/C53H70N8O14/c1-7-29(4)45-52(73)60(6)39(26-31-11-9-8-10-12-31)48(69)58-43(28(2)3)53(74)75-30(5)44(59-46(67)36(21-23-41(54)65)55-49(70)40(64)27-33-15-19-35(63)20-16-33)50(71)57-38(25-32-13-17-34(62)18-14-32)47(68)56-37-22-24-42(66)61(45)51(37)72/h8-20,28-30,36-40,42-45,62-64,66H,7,21-27H2,1-6H3,(H2,54,65)(H,55,70)(H,56,68)(H,57,71)(H,58,69)(H,59,67)/t29-,30+,36-,37+,38+,39+,40-,42-,43+,44+,45-/m1/s1. The third kappa shape index (κ3) is 15.7. The van der Waals surface area contributed by atoms with Gasteiger partial charge in [-0.15, -0.1) is 0 Å². The molecule has 0 spiro atoms. The van der Waals surface area contributed by atoms with Crippen molar-refractivity contribution in [3.05, 3.63) is 95.6 Å². The number of carbonyl (C=O) groups is 9. The molecule has 3 aromatic rings. The lowest BCUT2D eigenvalue weighted by molar-refractivity contribution is -0.168. The van der Waals surface area contributed by atoms with Crippen LogP contribution in [0.2, 0.25) is 0 Å². The van der Waals surface area contributed by atoms with Gasteiger partial charge in [0.15, 0.2) is 0 Å². The molecular formula is C53H70N8O14. The smallest absolute Gasteiger partial charge is 0.329 e. The van der Waals surface area contributed by atoms with Gasteiger partial charge in [-0.1, -0.05) is 88.7 Å². The fourth-order valence-corrected chi connectivity index (χ4v) is 8.93. The number of nitrogens with one attached hydrogen (secondary N) is 5. The van der Waals surface area contributed by atoms with Crippen LogP contribution >= 0.6 is 0 Å². The number of piperidine rings is 1. The van der Waals surface area contributed by atoms with E-state index in [0.29, 0.717) is 23.1 Å². The van der Waals surface area contributed by atoms with Crippen molar-refractivity contribution in [2.75, 3.05) is 7.05 Å². The van der Waals surface area contributed by atoms with Gasteiger partial charge in [-0.25, -0.2) is 4.79 Å². The molecular weight excluding hydrogens is 973 g/mol. The molecule has 0 aromatic heterocycles. The lowest BCUT2D eigenvalue weighted by atomic mass is 9.91. The summed E-state index contributed by atoms with van der Waals surface area (Å²) in [4.78, 5) is 130. The molecule has 75 heavy (non-hydrogen) atoms. The van der Waals surface area contributed by atoms with E-state index in [0.717, 1.165) is 4.90 Å². The van der Waals surface area contributed by atoms with Crippen LogP contribution in [0.5, 0.6) is 11.5 Å². The molecule has 2 aliphatic heterocycles. The number of aromatic hydroxyl groups is 2. The summed E-state index contributed by atoms with van der Waals surface area (Å²) < 4.78 is 5.90. The Labute approximate surface area is 435 Å². The largest absolute Gasteiger partial charge is 0.508 e. The van der Waals surface area contributed by atoms with Crippen molar-refractivity contribution in [1.29, 1.82) is 0 Å². The molecule has 3 aromatic carbocycles. The van der Waals surface area contributed by atoms with E-state index in [2.05, 4.69) is 26.6 Å². The summed E-state index contributed by atoms with van der Waals surface area (Å²) in [5.74, 6) is -9.96. The van der Waals surface area contributed by atoms with Gasteiger partial charge < -0.3 is 67.3 Å². The summed E-state index contributed by atoms with van der Waals surface area (Å²) in [5, 5.41) is 55.0. The lowest BCUT2D eigenvalue weighted by Crippen LogP contribution is -2.66. The summed E-state index contributed by atoms with van der Waals surface area (Å²) in [5.41, 5.74) is 6.91. The van der Waals surface area contributed by atoms with Crippen LogP contribution in [-0.4, -0.2) is 151 Å². The normalized spacial score (nSPS) is 24.5. The first-order chi connectivity index (χ1) is 35.5. The molecule has 2 saturated heterocycles. The van der Waals surface area contributed by atoms with E-state index >= 15 is 0 Å². The van der Waals surface area contributed by atoms with E-state index in [4.69, 9.17) is 10.5 Å². The minimum Gasteiger partial charge on any atom is -0.508 e. The maximum Gasteiger partial charge on any atom is 0.329 e. The van der Waals surface area contributed by atoms with E-state index < -0.39 is 139 Å². The van der Waals surface area contributed by atoms with Crippen molar-refractivity contribution in [2.45, 2.75) is 147 Å². The number of rotatable bonds is 16. The van der Waals surface area contributed by atoms with Crippen LogP contribution in [0.25, 0.3) is 0 Å². The molecule has 11 atom stereocenters. The Kier molecular flexibility index (Phi) is 20.7. The summed E-state index contributed by atoms with van der Waals surface area (Å²) in [6.07, 6.45) is -6.22. The number of hydrogen-bond donors (Lipinski definition) is 10. The molecule has 11 N–H and O–H groups in total. The number of fused-ring (bicyclic) bond motifs is 2. The number of ether oxygens (including phenoxy) is 1. The lowest BCUT2D eigenvalue weighted by Gasteiger charge is -2.44. The topological polar surface area (TPSA) is 336 Å². The molecule has 22 nitrogen and oxygen atoms in total. The zero-order valence-electron chi connectivity index (χ0n) is 42.9. The highest BCUT2D eigenvalue weighted by atomic mass is 16.5. The third-order valence-electron chi connectivity index (χ3n) is 13.6. The molecule has 22 heteroatoms. The minimum absolute atomic E-state index is 0.0591. The molecule has 406 valence electrons. The number of benzene rings is 3. The Morgan fingerprint density at radius 1 is 0.773 bits per heavy atom. The highest BCUT2D eigenvalue weighted by Gasteiger charge is 2.47. The molecule has 5 rings (SSSR count). The zero-order chi connectivity index (χ0) is 55.3. The molecule has 0 unspecified atom stereocenters. The van der Waals surface area contributed by atoms with E-state index in [9.17, 15) is 63.6 Å². The second kappa shape index (κ2) is 26.6. The number of nitrogens with two attached hydrogens (primary N) is 1. The number of amides is 8. The number of phenols is 2. The number of cyclic esters (lactones) is 1. The Balaban J connectivity index is 1.60. The third-order valence-corrected chi connectivity index (χ3v) is 13.6. The van der Waals surface area contributed by atoms with Gasteiger partial charge in [0.05, 0.1) is 0 Å². The van der Waals surface area contributed by atoms with Crippen LogP contribution in [0, 0.1) is 11.8 Å². The monoisotopic (exact) mass is 1040 g/mol. The van der Waals surface area contributed by atoms with Crippen LogP contribution < -0.4 is 32.3 Å². The molecule has 0 saturated carbocycles. The summed E-state index contributed by atoms with van der Waals surface area (Å²) in [6.45, 7) is 7.95. The molecule has 0 aliphatic carbocycles. The van der Waals surface area contributed by atoms with Gasteiger partial charge in [0.2, 0.25) is 47.3 Å². The fourth-order valence-electron chi connectivity index (χ4n) is 8.93. The fraction of sp³-hybridized carbons (Fsp3) is 0.491. The van der Waals surface area contributed by atoms with Gasteiger partial charge in [0.25, 0.3) is 0 Å². The average molecular weight is 1040 g/mol. The molecule has 2 heterocycles. The van der Waals surface area contributed by atoms with Gasteiger partial charge >= 0.3 is 5.97 Å². The van der Waals surface area contributed by atoms with Gasteiger partial charge in [0, 0.05) is 32.7 Å². The number of hydrogen-bond acceptors (Lipinski definition) is 14. The van der Waals surface area contributed by atoms with E-state index in [1.165, 1.54) is 67.4 Å². The number of nitrogens with zero attached hydrogens (tertiary/aromatic N) is 2. The van der Waals surface area contributed by atoms with Crippen LogP contribution in [-0.2, 0) is 67.2 Å². The van der Waals surface area contributed by atoms with Crippen molar-refractivity contribution in [3.8, 4) is 11.5 Å². The highest BCUT2D eigenvalue weighted by Crippen LogP contribution is 2.28. The van der Waals surface area contributed by atoms with Gasteiger partial charge in [-0.3, -0.25) is 38.4 Å². The van der Waals surface area contributed by atoms with Crippen molar-refractivity contribution in [3.63, 3.8) is 0 Å². The molecule has 2 fully saturated rings. The molecule has 2 bridgehead atoms. The van der Waals surface area contributed by atoms with Crippen LogP contribution in [0.4, 0.5) is 0 Å². The Morgan fingerprint density at radius 3 is 1.96 bits per heavy atom. The molecule has 2 aliphatic rings. The Morgan fingerprint density at radius 2 is 1.37 bits per heavy atom. The second-order valence-corrected chi connectivity index (χ2v) is 19.6. The molecule has 0 radical (unpaired) electrons. The zero-order valence-corrected chi connectivity index (χ0v) is 42.9. The number of aliphatic hydroxyl groups is 2. The maximum absolute atomic E-state index is 14.9. The van der Waals surface area contributed by atoms with Gasteiger partial charge in [-0.05, 0) is 79.0 Å². The van der Waals surface area contributed by atoms with E-state index in [-0.39, 0.29) is 43.6 Å². The SMILES string of the molecule is CC[C@@H](C)[C@@H]1C(=O)N(C)[C@@H](Cc2ccccc2)C(=O)N[C@@H](C(C)C)C(=O)O[C@@H](C)[C@H](NC(=O)[C@@H](CCC(N)=O)NC(=O)[C@H](O)Cc2ccc(O)cc2)C(=O)N[C@@H](Cc2ccc(O)cc2)C(=O)N[C@H]2CC[C@@H](O)N1C2=O. The van der Waals surface area contributed by atoms with Crippen LogP contribution in [0.1, 0.15) is 83.4 Å². The average Bonchev–Trinajstić information content (AvgIpc) is 3.37. The summed E-state index contributed by atoms with van der Waals surface area (Å²) in [6, 6.07) is 9.38. The quantitative estimate of drug-likeness (QED) is 0.0843. The number of esters is 1. The first-order valence-corrected chi connectivity index (χ1v) is 25.0. The number of primary amides is 1. The Bertz CT molecular complexity index is 2510. The predicted molar refractivity (Wildman–Crippen MR) is 270 cm³/mol. The van der Waals surface area contributed by atoms with E-state index in [1.807, 2.05) is 0 Å². The molecule has 8 amide bonds. The van der Waals surface area contributed by atoms with Gasteiger partial charge in [-0.2, -0.15) is 0 Å². The van der Waals surface area contributed by atoms with Crippen LogP contribution in [0.15, 0.2) is 78.9 Å². The Hall–Kier alpha value is -7.59.